The fourth-order valence-corrected chi connectivity index (χ4v) is 4.47. The molecule has 1 unspecified atom stereocenters. The van der Waals surface area contributed by atoms with Crippen LogP contribution in [0.25, 0.3) is 10.2 Å². The van der Waals surface area contributed by atoms with Crippen molar-refractivity contribution in [2.45, 2.75) is 19.1 Å². The lowest BCUT2D eigenvalue weighted by Gasteiger charge is -2.29. The minimum atomic E-state index is -0.785. The van der Waals surface area contributed by atoms with Crippen molar-refractivity contribution >= 4 is 45.0 Å². The van der Waals surface area contributed by atoms with E-state index in [0.29, 0.717) is 46.4 Å². The highest BCUT2D eigenvalue weighted by molar-refractivity contribution is 7.22. The number of hydrogen-bond acceptors (Lipinski definition) is 6. The van der Waals surface area contributed by atoms with E-state index in [-0.39, 0.29) is 30.7 Å². The molecule has 0 bridgehead atoms. The summed E-state index contributed by atoms with van der Waals surface area (Å²) in [7, 11) is 0. The monoisotopic (exact) mass is 474 g/mol. The molecule has 0 N–H and O–H groups in total. The van der Waals surface area contributed by atoms with E-state index in [1.807, 2.05) is 22.9 Å². The Labute approximate surface area is 193 Å². The van der Waals surface area contributed by atoms with Crippen molar-refractivity contribution in [3.8, 4) is 11.5 Å². The quantitative estimate of drug-likeness (QED) is 0.416. The zero-order chi connectivity index (χ0) is 21.2. The van der Waals surface area contributed by atoms with Crippen molar-refractivity contribution in [2.24, 2.45) is 0 Å². The van der Waals surface area contributed by atoms with Crippen LogP contribution >= 0.6 is 23.7 Å². The van der Waals surface area contributed by atoms with E-state index < -0.39 is 6.10 Å². The fourth-order valence-electron chi connectivity index (χ4n) is 3.45. The third-order valence-corrected chi connectivity index (χ3v) is 6.02. The highest BCUT2D eigenvalue weighted by Gasteiger charge is 2.33. The number of anilines is 1. The van der Waals surface area contributed by atoms with Crippen LogP contribution in [0.15, 0.2) is 61.2 Å². The molecule has 32 heavy (non-hydrogen) atoms. The second kappa shape index (κ2) is 9.54. The van der Waals surface area contributed by atoms with Gasteiger partial charge >= 0.3 is 0 Å². The second-order valence-corrected chi connectivity index (χ2v) is 8.13. The van der Waals surface area contributed by atoms with Gasteiger partial charge in [-0.15, -0.1) is 12.4 Å². The van der Waals surface area contributed by atoms with E-state index in [9.17, 15) is 9.18 Å². The first kappa shape index (κ1) is 22.0. The van der Waals surface area contributed by atoms with Crippen LogP contribution in [0.4, 0.5) is 9.52 Å². The van der Waals surface area contributed by atoms with E-state index in [1.54, 1.807) is 35.6 Å². The van der Waals surface area contributed by atoms with Crippen LogP contribution in [0, 0.1) is 5.82 Å². The van der Waals surface area contributed by atoms with E-state index in [4.69, 9.17) is 9.47 Å². The molecule has 7 nitrogen and oxygen atoms in total. The van der Waals surface area contributed by atoms with Gasteiger partial charge in [0.2, 0.25) is 6.10 Å². The molecule has 0 saturated heterocycles. The molecule has 4 aromatic rings. The van der Waals surface area contributed by atoms with Crippen molar-refractivity contribution in [3.63, 3.8) is 0 Å². The van der Waals surface area contributed by atoms with Crippen LogP contribution in [0.5, 0.6) is 11.5 Å². The number of carbonyl (C=O) groups is 1. The summed E-state index contributed by atoms with van der Waals surface area (Å²) in [6.07, 6.45) is 5.24. The number of fused-ring (bicyclic) bond motifs is 2. The molecule has 10 heteroatoms. The minimum absolute atomic E-state index is 0. The Morgan fingerprint density at radius 2 is 2.09 bits per heavy atom. The summed E-state index contributed by atoms with van der Waals surface area (Å²) >= 11 is 1.28. The van der Waals surface area contributed by atoms with E-state index in [0.717, 1.165) is 0 Å². The molecule has 0 aliphatic carbocycles. The number of nitrogens with zero attached hydrogens (tertiary/aromatic N) is 4. The van der Waals surface area contributed by atoms with Crippen molar-refractivity contribution in [2.75, 3.05) is 18.1 Å². The molecular formula is C22H20ClFN4O3S. The van der Waals surface area contributed by atoms with Gasteiger partial charge in [-0.05, 0) is 36.8 Å². The lowest BCUT2D eigenvalue weighted by Crippen LogP contribution is -2.47. The van der Waals surface area contributed by atoms with E-state index in [2.05, 4.69) is 9.97 Å². The number of hydrogen-bond donors (Lipinski definition) is 0. The molecule has 2 aromatic heterocycles. The number of rotatable bonds is 6. The zero-order valence-corrected chi connectivity index (χ0v) is 18.5. The molecular weight excluding hydrogens is 455 g/mol. The smallest absolute Gasteiger partial charge is 0.273 e. The second-order valence-electron chi connectivity index (χ2n) is 7.12. The Bertz CT molecular complexity index is 1220. The molecule has 1 amide bonds. The minimum Gasteiger partial charge on any atom is -0.485 e. The van der Waals surface area contributed by atoms with E-state index in [1.165, 1.54) is 23.5 Å². The number of aromatic nitrogens is 3. The number of amides is 1. The molecule has 0 radical (unpaired) electrons. The zero-order valence-electron chi connectivity index (χ0n) is 16.9. The van der Waals surface area contributed by atoms with Gasteiger partial charge in [0.15, 0.2) is 16.6 Å². The first-order valence-corrected chi connectivity index (χ1v) is 10.7. The maximum Gasteiger partial charge on any atom is 0.273 e. The summed E-state index contributed by atoms with van der Waals surface area (Å²) in [5, 5.41) is 0.513. The van der Waals surface area contributed by atoms with Gasteiger partial charge in [0.1, 0.15) is 12.4 Å². The Hall–Kier alpha value is -3.17. The molecule has 0 saturated carbocycles. The molecule has 5 rings (SSSR count). The number of imidazole rings is 1. The summed E-state index contributed by atoms with van der Waals surface area (Å²) in [6.45, 7) is 1.25. The lowest BCUT2D eigenvalue weighted by atomic mass is 10.2. The van der Waals surface area contributed by atoms with Crippen LogP contribution in [-0.4, -0.2) is 39.7 Å². The first-order chi connectivity index (χ1) is 15.2. The summed E-state index contributed by atoms with van der Waals surface area (Å²) in [5.41, 5.74) is 0.653. The summed E-state index contributed by atoms with van der Waals surface area (Å²) < 4.78 is 27.9. The maximum absolute atomic E-state index is 13.6. The van der Waals surface area contributed by atoms with Crippen molar-refractivity contribution < 1.29 is 18.7 Å². The van der Waals surface area contributed by atoms with Crippen molar-refractivity contribution in [1.82, 2.24) is 14.5 Å². The van der Waals surface area contributed by atoms with Gasteiger partial charge < -0.3 is 14.0 Å². The van der Waals surface area contributed by atoms with Crippen LogP contribution in [0.3, 0.4) is 0 Å². The molecule has 166 valence electrons. The van der Waals surface area contributed by atoms with Crippen molar-refractivity contribution in [3.05, 3.63) is 67.0 Å². The number of para-hydroxylation sites is 2. The fraction of sp³-hybridized carbons (Fsp3) is 0.227. The van der Waals surface area contributed by atoms with Crippen molar-refractivity contribution in [1.29, 1.82) is 0 Å². The Morgan fingerprint density at radius 3 is 2.91 bits per heavy atom. The molecule has 1 atom stereocenters. The van der Waals surface area contributed by atoms with Crippen LogP contribution < -0.4 is 14.4 Å². The molecule has 1 aliphatic heterocycles. The van der Waals surface area contributed by atoms with Gasteiger partial charge in [0.25, 0.3) is 5.91 Å². The van der Waals surface area contributed by atoms with Gasteiger partial charge in [0.05, 0.1) is 16.5 Å². The Kier molecular flexibility index (Phi) is 6.57. The largest absolute Gasteiger partial charge is 0.485 e. The van der Waals surface area contributed by atoms with Gasteiger partial charge in [-0.3, -0.25) is 9.69 Å². The van der Waals surface area contributed by atoms with Crippen LogP contribution in [0.1, 0.15) is 6.42 Å². The van der Waals surface area contributed by atoms with Gasteiger partial charge in [-0.2, -0.15) is 0 Å². The number of carbonyl (C=O) groups excluding carboxylic acids is 1. The summed E-state index contributed by atoms with van der Waals surface area (Å²) in [6, 6.07) is 11.7. The average molecular weight is 475 g/mol. The highest BCUT2D eigenvalue weighted by Crippen LogP contribution is 2.33. The highest BCUT2D eigenvalue weighted by atomic mass is 35.5. The molecule has 3 heterocycles. The predicted octanol–water partition coefficient (Wildman–Crippen LogP) is 4.32. The van der Waals surface area contributed by atoms with Crippen LogP contribution in [-0.2, 0) is 11.3 Å². The van der Waals surface area contributed by atoms with Gasteiger partial charge in [0, 0.05) is 25.5 Å². The number of thiazole rings is 1. The predicted molar refractivity (Wildman–Crippen MR) is 122 cm³/mol. The normalized spacial score (nSPS) is 14.7. The Morgan fingerprint density at radius 1 is 1.25 bits per heavy atom. The van der Waals surface area contributed by atoms with Gasteiger partial charge in [-0.1, -0.05) is 23.5 Å². The lowest BCUT2D eigenvalue weighted by molar-refractivity contribution is -0.127. The number of aryl methyl sites for hydroxylation is 1. The number of benzene rings is 2. The van der Waals surface area contributed by atoms with E-state index >= 15 is 0 Å². The van der Waals surface area contributed by atoms with Crippen LogP contribution in [0.2, 0.25) is 0 Å². The SMILES string of the molecule is Cl.O=C(C1COc2ccccc2O1)N(CCCn1ccnc1)c1nc2ccc(F)cc2s1. The maximum atomic E-state index is 13.6. The first-order valence-electron chi connectivity index (χ1n) is 9.89. The average Bonchev–Trinajstić information content (AvgIpc) is 3.45. The molecule has 0 spiro atoms. The Balaban J connectivity index is 0.00000245. The summed E-state index contributed by atoms with van der Waals surface area (Å²) in [5.74, 6) is 0.589. The van der Waals surface area contributed by atoms with Gasteiger partial charge in [-0.25, -0.2) is 14.4 Å². The summed E-state index contributed by atoms with van der Waals surface area (Å²) in [4.78, 5) is 23.7. The third-order valence-electron chi connectivity index (χ3n) is 4.98. The molecule has 0 fully saturated rings. The number of ether oxygens (including phenoxy) is 2. The number of halogens is 2. The standard InChI is InChI=1S/C22H19FN4O3S.ClH/c23-15-6-7-16-20(12-15)31-22(25-16)27(10-3-9-26-11-8-24-14-26)21(28)19-13-29-17-4-1-2-5-18(17)30-19;/h1-2,4-8,11-12,14,19H,3,9-10,13H2;1H. The topological polar surface area (TPSA) is 69.5 Å². The molecule has 2 aromatic carbocycles. The third kappa shape index (κ3) is 4.53. The molecule has 1 aliphatic rings.